The predicted molar refractivity (Wildman–Crippen MR) is 271 cm³/mol. The molecular weight excluding hydrogens is 829 g/mol. The summed E-state index contributed by atoms with van der Waals surface area (Å²) in [4.78, 5) is 0. The summed E-state index contributed by atoms with van der Waals surface area (Å²) in [6.07, 6.45) is 43.7. The summed E-state index contributed by atoms with van der Waals surface area (Å²) < 4.78 is 0. The zero-order valence-electron chi connectivity index (χ0n) is 42.9. The van der Waals surface area contributed by atoms with E-state index in [0.717, 1.165) is 88.8 Å². The van der Waals surface area contributed by atoms with Crippen molar-refractivity contribution < 1.29 is 0 Å². The fraction of sp³-hybridized carbons (Fsp3) is 0.913. The van der Waals surface area contributed by atoms with Crippen LogP contribution in [0.25, 0.3) is 0 Å². The molecule has 44 atom stereocenters. The molecule has 0 spiro atoms. The Labute approximate surface area is 417 Å². The van der Waals surface area contributed by atoms with Crippen LogP contribution in [-0.2, 0) is 0 Å². The van der Waals surface area contributed by atoms with Gasteiger partial charge < -0.3 is 0 Å². The number of hydrogen-bond acceptors (Lipinski definition) is 0. The van der Waals surface area contributed by atoms with Crippen molar-refractivity contribution in [3.63, 3.8) is 0 Å². The third kappa shape index (κ3) is 4.06. The van der Waals surface area contributed by atoms with Crippen LogP contribution in [0.3, 0.4) is 0 Å². The third-order valence-electron chi connectivity index (χ3n) is 34.5. The monoisotopic (exact) mass is 919 g/mol. The van der Waals surface area contributed by atoms with Crippen LogP contribution in [-0.4, -0.2) is 0 Å². The molecule has 21 saturated carbocycles. The van der Waals surface area contributed by atoms with Crippen LogP contribution in [0.5, 0.6) is 0 Å². The Kier molecular flexibility index (Phi) is 6.96. The van der Waals surface area contributed by atoms with Crippen LogP contribution in [0.4, 0.5) is 0 Å². The molecule has 0 aromatic rings. The van der Waals surface area contributed by atoms with E-state index in [9.17, 15) is 0 Å². The number of hydrogen-bond donors (Lipinski definition) is 0. The zero-order valence-corrected chi connectivity index (χ0v) is 42.9. The Morgan fingerprint density at radius 2 is 0.536 bits per heavy atom. The van der Waals surface area contributed by atoms with Crippen LogP contribution in [0.2, 0.25) is 0 Å². The first kappa shape index (κ1) is 38.7. The molecule has 0 nitrogen and oxygen atoms in total. The molecule has 44 unspecified atom stereocenters. The summed E-state index contributed by atoms with van der Waals surface area (Å²) in [5.41, 5.74) is 0. The van der Waals surface area contributed by atoms with Crippen LogP contribution >= 0.6 is 0 Å². The van der Waals surface area contributed by atoms with Crippen molar-refractivity contribution in [2.45, 2.75) is 123 Å². The van der Waals surface area contributed by atoms with Gasteiger partial charge in [0.2, 0.25) is 0 Å². The normalized spacial score (nSPS) is 76.1. The van der Waals surface area contributed by atoms with E-state index in [4.69, 9.17) is 0 Å². The van der Waals surface area contributed by atoms with E-state index in [1.807, 2.05) is 0 Å². The first-order chi connectivity index (χ1) is 34.1. The van der Waals surface area contributed by atoms with Gasteiger partial charge in [0.15, 0.2) is 0 Å². The van der Waals surface area contributed by atoms with Crippen LogP contribution in [0, 0.1) is 260 Å². The summed E-state index contributed by atoms with van der Waals surface area (Å²) in [7, 11) is 0. The number of rotatable bonds is 1. The minimum absolute atomic E-state index is 1.02. The summed E-state index contributed by atoms with van der Waals surface area (Å²) in [6, 6.07) is 0. The Morgan fingerprint density at radius 3 is 0.913 bits per heavy atom. The van der Waals surface area contributed by atoms with Crippen molar-refractivity contribution in [2.24, 2.45) is 260 Å². The van der Waals surface area contributed by atoms with Crippen molar-refractivity contribution in [3.8, 4) is 0 Å². The fourth-order valence-electron chi connectivity index (χ4n) is 35.3. The molecule has 24 aliphatic carbocycles. The maximum atomic E-state index is 2.65. The van der Waals surface area contributed by atoms with Gasteiger partial charge in [-0.1, -0.05) is 56.7 Å². The lowest BCUT2D eigenvalue weighted by atomic mass is 9.54. The molecule has 366 valence electrons. The molecule has 21 fully saturated rings. The van der Waals surface area contributed by atoms with Crippen molar-refractivity contribution in [2.75, 3.05) is 0 Å². The Hall–Kier alpha value is -0.780. The molecule has 0 N–H and O–H groups in total. The van der Waals surface area contributed by atoms with Crippen molar-refractivity contribution in [1.29, 1.82) is 0 Å². The molecule has 0 amide bonds. The average Bonchev–Trinajstić information content (AvgIpc) is 4.17. The SMILES string of the molecule is C1=CC2CC1C1C3CC(C21)C1C2CC(C4C5CCC(C5)C24)C31.CC1CC2CC1C1C3CC(C21)C1C2CC(C4C5C=CC(C5)C24)C31.CCC1CC2CC1C1C3CC(C21)C1C2CC(C4C5C=CC(C5)C24)C31. The smallest absolute Gasteiger partial charge is 0.0194 e. The molecule has 0 radical (unpaired) electrons. The van der Waals surface area contributed by atoms with Crippen molar-refractivity contribution >= 4 is 0 Å². The lowest BCUT2D eigenvalue weighted by Crippen LogP contribution is -2.46. The van der Waals surface area contributed by atoms with Gasteiger partial charge in [0, 0.05) is 0 Å². The largest absolute Gasteiger partial charge is 0.0848 e. The van der Waals surface area contributed by atoms with E-state index in [1.165, 1.54) is 178 Å². The number of fused-ring (bicyclic) bond motifs is 69. The molecule has 0 heterocycles. The topological polar surface area (TPSA) is 0 Å². The highest BCUT2D eigenvalue weighted by Gasteiger charge is 2.79. The Morgan fingerprint density at radius 1 is 0.246 bits per heavy atom. The van der Waals surface area contributed by atoms with Gasteiger partial charge in [-0.05, 0) is 363 Å². The fourth-order valence-corrected chi connectivity index (χ4v) is 35.3. The quantitative estimate of drug-likeness (QED) is 0.182. The minimum Gasteiger partial charge on any atom is -0.0848 e. The molecule has 69 heavy (non-hydrogen) atoms. The molecular formula is C69H90. The highest BCUT2D eigenvalue weighted by molar-refractivity contribution is 5.31. The molecule has 0 saturated heterocycles. The summed E-state index contributed by atoms with van der Waals surface area (Å²) in [6.45, 7) is 5.09. The van der Waals surface area contributed by atoms with E-state index in [-0.39, 0.29) is 0 Å². The van der Waals surface area contributed by atoms with Gasteiger partial charge >= 0.3 is 0 Å². The first-order valence-corrected chi connectivity index (χ1v) is 33.1. The maximum Gasteiger partial charge on any atom is -0.0194 e. The minimum atomic E-state index is 1.02. The number of allylic oxidation sites excluding steroid dienone is 6. The van der Waals surface area contributed by atoms with Gasteiger partial charge in [-0.2, -0.15) is 0 Å². The van der Waals surface area contributed by atoms with Crippen LogP contribution in [0.1, 0.15) is 123 Å². The lowest BCUT2D eigenvalue weighted by Gasteiger charge is -2.50. The van der Waals surface area contributed by atoms with Gasteiger partial charge in [0.05, 0.1) is 0 Å². The molecule has 24 rings (SSSR count). The Bertz CT molecular complexity index is 2350. The van der Waals surface area contributed by atoms with E-state index >= 15 is 0 Å². The molecule has 0 heteroatoms. The molecule has 0 aromatic heterocycles. The lowest BCUT2D eigenvalue weighted by molar-refractivity contribution is -0.0276. The maximum absolute atomic E-state index is 2.65. The van der Waals surface area contributed by atoms with E-state index < -0.39 is 0 Å². The van der Waals surface area contributed by atoms with Crippen molar-refractivity contribution in [1.82, 2.24) is 0 Å². The summed E-state index contributed by atoms with van der Waals surface area (Å²) in [5, 5.41) is 0. The van der Waals surface area contributed by atoms with Gasteiger partial charge in [-0.15, -0.1) is 0 Å². The van der Waals surface area contributed by atoms with E-state index in [1.54, 1.807) is 103 Å². The van der Waals surface area contributed by atoms with Gasteiger partial charge in [0.1, 0.15) is 0 Å². The molecule has 24 aliphatic rings. The summed E-state index contributed by atoms with van der Waals surface area (Å²) in [5.74, 6) is 51.4. The first-order valence-electron chi connectivity index (χ1n) is 33.1. The molecule has 0 aliphatic heterocycles. The highest BCUT2D eigenvalue weighted by Crippen LogP contribution is 2.85. The highest BCUT2D eigenvalue weighted by atomic mass is 14.8. The zero-order chi connectivity index (χ0) is 43.7. The van der Waals surface area contributed by atoms with Crippen molar-refractivity contribution in [3.05, 3.63) is 36.5 Å². The van der Waals surface area contributed by atoms with Gasteiger partial charge in [-0.25, -0.2) is 0 Å². The van der Waals surface area contributed by atoms with Crippen LogP contribution in [0.15, 0.2) is 36.5 Å². The average molecular weight is 919 g/mol. The van der Waals surface area contributed by atoms with E-state index in [0.29, 0.717) is 0 Å². The standard InChI is InChI=1S/C24H32.C23H30.C22H28/c1-2-10-5-13-7-14(10)22-18-9-17(21(13)22)23-15-8-16(24(18)23)20-12-4-3-11(6-12)19(15)20;1-9-4-12-6-13(9)21-17-8-16(20(12)21)22-14-7-15(23(17)22)19-11-3-2-10(5-11)18(14)19;1-2-10-5-9(1)17-13-7-14(18(10)17)22-16-8-15(21(13)22)19-11-3-4-12(6-11)20(16)19/h3-4,10-24H,2,5-9H2,1H3;2-3,9-23H,4-8H2,1H3;1-2,9-22H,3-8H2. The second kappa shape index (κ2) is 12.4. The van der Waals surface area contributed by atoms with E-state index in [2.05, 4.69) is 50.3 Å². The Balaban J connectivity index is 0.0000000766. The molecule has 0 aromatic carbocycles. The second-order valence-corrected chi connectivity index (χ2v) is 33.9. The molecule has 24 bridgehead atoms. The second-order valence-electron chi connectivity index (χ2n) is 33.9. The van der Waals surface area contributed by atoms with Crippen LogP contribution < -0.4 is 0 Å². The van der Waals surface area contributed by atoms with Gasteiger partial charge in [-0.3, -0.25) is 0 Å². The predicted octanol–water partition coefficient (Wildman–Crippen LogP) is 14.7. The van der Waals surface area contributed by atoms with Gasteiger partial charge in [0.25, 0.3) is 0 Å². The third-order valence-corrected chi connectivity index (χ3v) is 34.5. The summed E-state index contributed by atoms with van der Waals surface area (Å²) >= 11 is 0.